The molecule has 0 atom stereocenters. The maximum Gasteiger partial charge on any atom is 0.331 e. The maximum atomic E-state index is 11.7. The zero-order valence-electron chi connectivity index (χ0n) is 13.8. The van der Waals surface area contributed by atoms with Crippen LogP contribution in [-0.4, -0.2) is 23.2 Å². The van der Waals surface area contributed by atoms with Crippen molar-refractivity contribution < 1.29 is 23.2 Å². The molecule has 1 aromatic carbocycles. The largest absolute Gasteiger partial charge is 0.497 e. The number of ether oxygens (including phenoxy) is 2. The first-order valence-electron chi connectivity index (χ1n) is 7.52. The van der Waals surface area contributed by atoms with E-state index < -0.39 is 5.97 Å². The van der Waals surface area contributed by atoms with Crippen molar-refractivity contribution in [3.63, 3.8) is 0 Å². The Hall–Kier alpha value is -3.35. The molecule has 25 heavy (non-hydrogen) atoms. The predicted molar refractivity (Wildman–Crippen MR) is 88.6 cm³/mol. The monoisotopic (exact) mass is 340 g/mol. The highest BCUT2D eigenvalue weighted by Crippen LogP contribution is 2.20. The van der Waals surface area contributed by atoms with E-state index in [-0.39, 0.29) is 12.4 Å². The zero-order valence-corrected chi connectivity index (χ0v) is 13.8. The van der Waals surface area contributed by atoms with Crippen LogP contribution in [0.2, 0.25) is 0 Å². The highest BCUT2D eigenvalue weighted by atomic mass is 16.5. The van der Waals surface area contributed by atoms with Gasteiger partial charge in [-0.25, -0.2) is 4.79 Å². The fourth-order valence-corrected chi connectivity index (χ4v) is 2.04. The normalized spacial score (nSPS) is 11.0. The van der Waals surface area contributed by atoms with Crippen LogP contribution in [0.1, 0.15) is 17.3 Å². The minimum Gasteiger partial charge on any atom is -0.497 e. The number of carbonyl (C=O) groups excluding carboxylic acids is 1. The summed E-state index contributed by atoms with van der Waals surface area (Å²) in [6.07, 6.45) is 2.82. The first-order chi connectivity index (χ1) is 12.1. The number of benzene rings is 1. The summed E-state index contributed by atoms with van der Waals surface area (Å²) >= 11 is 0. The van der Waals surface area contributed by atoms with Crippen LogP contribution in [-0.2, 0) is 16.1 Å². The Morgan fingerprint density at radius 1 is 1.20 bits per heavy atom. The number of hydrogen-bond acceptors (Lipinski definition) is 7. The number of nitrogens with zero attached hydrogens (tertiary/aromatic N) is 2. The molecule has 0 aliphatic rings. The number of aromatic nitrogens is 2. The molecule has 2 heterocycles. The highest BCUT2D eigenvalue weighted by molar-refractivity contribution is 5.86. The lowest BCUT2D eigenvalue weighted by atomic mass is 10.2. The van der Waals surface area contributed by atoms with E-state index in [0.29, 0.717) is 11.7 Å². The summed E-state index contributed by atoms with van der Waals surface area (Å²) in [6.45, 7) is 1.74. The van der Waals surface area contributed by atoms with E-state index in [2.05, 4.69) is 10.1 Å². The smallest absolute Gasteiger partial charge is 0.331 e. The lowest BCUT2D eigenvalue weighted by Crippen LogP contribution is -2.01. The number of methoxy groups -OCH3 is 1. The molecule has 0 saturated carbocycles. The summed E-state index contributed by atoms with van der Waals surface area (Å²) < 4.78 is 20.6. The third-order valence-corrected chi connectivity index (χ3v) is 3.29. The van der Waals surface area contributed by atoms with Crippen LogP contribution < -0.4 is 4.74 Å². The molecule has 0 aliphatic carbocycles. The van der Waals surface area contributed by atoms with E-state index in [0.717, 1.165) is 17.1 Å². The molecule has 0 unspecified atom stereocenters. The van der Waals surface area contributed by atoms with Gasteiger partial charge >= 0.3 is 5.97 Å². The molecule has 0 radical (unpaired) electrons. The Morgan fingerprint density at radius 2 is 2.00 bits per heavy atom. The number of aryl methyl sites for hydroxylation is 1. The molecule has 128 valence electrons. The van der Waals surface area contributed by atoms with Crippen LogP contribution in [0.3, 0.4) is 0 Å². The summed E-state index contributed by atoms with van der Waals surface area (Å²) in [5.74, 6) is 2.18. The van der Waals surface area contributed by atoms with Crippen LogP contribution in [0, 0.1) is 6.92 Å². The van der Waals surface area contributed by atoms with Crippen molar-refractivity contribution in [2.24, 2.45) is 0 Å². The first kappa shape index (κ1) is 16.5. The van der Waals surface area contributed by atoms with Crippen LogP contribution in [0.15, 0.2) is 51.4 Å². The molecule has 0 spiro atoms. The quantitative estimate of drug-likeness (QED) is 0.502. The molecular formula is C18H16N2O5. The molecule has 0 aliphatic heterocycles. The number of rotatable bonds is 6. The van der Waals surface area contributed by atoms with E-state index in [1.54, 1.807) is 37.4 Å². The molecule has 0 bridgehead atoms. The highest BCUT2D eigenvalue weighted by Gasteiger charge is 2.10. The van der Waals surface area contributed by atoms with Gasteiger partial charge < -0.3 is 18.4 Å². The molecule has 0 N–H and O–H groups in total. The second kappa shape index (κ2) is 7.48. The maximum absolute atomic E-state index is 11.7. The number of esters is 1. The van der Waals surface area contributed by atoms with E-state index in [1.165, 1.54) is 12.2 Å². The second-order valence-corrected chi connectivity index (χ2v) is 5.13. The molecular weight excluding hydrogens is 324 g/mol. The molecule has 3 rings (SSSR count). The Balaban J connectivity index is 1.55. The Kier molecular flexibility index (Phi) is 4.94. The molecule has 0 saturated heterocycles. The van der Waals surface area contributed by atoms with Crippen molar-refractivity contribution in [3.05, 3.63) is 59.8 Å². The van der Waals surface area contributed by atoms with Gasteiger partial charge in [0.15, 0.2) is 6.61 Å². The standard InChI is InChI=1S/C18H16N2O5/c1-12-3-6-15(24-12)9-10-17(21)23-11-16-19-18(25-20-16)13-4-7-14(22-2)8-5-13/h3-10H,11H2,1-2H3/b10-9+. The van der Waals surface area contributed by atoms with Crippen molar-refractivity contribution in [2.45, 2.75) is 13.5 Å². The van der Waals surface area contributed by atoms with E-state index >= 15 is 0 Å². The third kappa shape index (κ3) is 4.35. The number of hydrogen-bond donors (Lipinski definition) is 0. The van der Waals surface area contributed by atoms with Crippen LogP contribution in [0.25, 0.3) is 17.5 Å². The Bertz CT molecular complexity index is 877. The van der Waals surface area contributed by atoms with Gasteiger partial charge in [-0.05, 0) is 49.4 Å². The summed E-state index contributed by atoms with van der Waals surface area (Å²) in [4.78, 5) is 15.9. The second-order valence-electron chi connectivity index (χ2n) is 5.13. The third-order valence-electron chi connectivity index (χ3n) is 3.29. The fourth-order valence-electron chi connectivity index (χ4n) is 2.04. The van der Waals surface area contributed by atoms with Crippen molar-refractivity contribution in [1.82, 2.24) is 10.1 Å². The molecule has 7 nitrogen and oxygen atoms in total. The summed E-state index contributed by atoms with van der Waals surface area (Å²) in [5, 5.41) is 3.79. The average Bonchev–Trinajstić information content (AvgIpc) is 3.27. The van der Waals surface area contributed by atoms with Crippen LogP contribution in [0.5, 0.6) is 5.75 Å². The fraction of sp³-hybridized carbons (Fsp3) is 0.167. The van der Waals surface area contributed by atoms with E-state index in [1.807, 2.05) is 13.0 Å². The predicted octanol–water partition coefficient (Wildman–Crippen LogP) is 3.40. The lowest BCUT2D eigenvalue weighted by Gasteiger charge is -1.99. The number of furan rings is 1. The van der Waals surface area contributed by atoms with Crippen LogP contribution in [0.4, 0.5) is 0 Å². The minimum absolute atomic E-state index is 0.0833. The van der Waals surface area contributed by atoms with Crippen molar-refractivity contribution >= 4 is 12.0 Å². The van der Waals surface area contributed by atoms with Crippen LogP contribution >= 0.6 is 0 Å². The summed E-state index contributed by atoms with van der Waals surface area (Å²) in [7, 11) is 1.59. The lowest BCUT2D eigenvalue weighted by molar-refractivity contribution is -0.139. The van der Waals surface area contributed by atoms with Crippen molar-refractivity contribution in [1.29, 1.82) is 0 Å². The van der Waals surface area contributed by atoms with Gasteiger partial charge in [-0.15, -0.1) is 0 Å². The molecule has 0 amide bonds. The van der Waals surface area contributed by atoms with Crippen molar-refractivity contribution in [3.8, 4) is 17.2 Å². The van der Waals surface area contributed by atoms with Gasteiger partial charge in [0.1, 0.15) is 17.3 Å². The molecule has 3 aromatic rings. The minimum atomic E-state index is -0.523. The first-order valence-corrected chi connectivity index (χ1v) is 7.52. The summed E-state index contributed by atoms with van der Waals surface area (Å²) in [6, 6.07) is 10.8. The van der Waals surface area contributed by atoms with Gasteiger partial charge in [0.2, 0.25) is 5.82 Å². The molecule has 0 fully saturated rings. The number of carbonyl (C=O) groups is 1. The molecule has 2 aromatic heterocycles. The van der Waals surface area contributed by atoms with E-state index in [4.69, 9.17) is 18.4 Å². The SMILES string of the molecule is COc1ccc(-c2nc(COC(=O)/C=C/c3ccc(C)o3)no2)cc1. The van der Waals surface area contributed by atoms with Gasteiger partial charge in [-0.2, -0.15) is 4.98 Å². The van der Waals surface area contributed by atoms with Gasteiger partial charge in [-0.1, -0.05) is 5.16 Å². The zero-order chi connectivity index (χ0) is 17.6. The molecule has 7 heteroatoms. The van der Waals surface area contributed by atoms with Gasteiger partial charge in [-0.3, -0.25) is 0 Å². The topological polar surface area (TPSA) is 87.6 Å². The van der Waals surface area contributed by atoms with E-state index in [9.17, 15) is 4.79 Å². The van der Waals surface area contributed by atoms with Gasteiger partial charge in [0.05, 0.1) is 7.11 Å². The van der Waals surface area contributed by atoms with Gasteiger partial charge in [0, 0.05) is 11.6 Å². The Labute approximate surface area is 143 Å². The Morgan fingerprint density at radius 3 is 2.68 bits per heavy atom. The summed E-state index contributed by atoms with van der Waals surface area (Å²) in [5.41, 5.74) is 0.749. The van der Waals surface area contributed by atoms with Gasteiger partial charge in [0.25, 0.3) is 5.89 Å². The average molecular weight is 340 g/mol. The van der Waals surface area contributed by atoms with Crippen molar-refractivity contribution in [2.75, 3.05) is 7.11 Å².